The van der Waals surface area contributed by atoms with Crippen LogP contribution in [0, 0.1) is 0 Å². The summed E-state index contributed by atoms with van der Waals surface area (Å²) in [5, 5.41) is 35.4. The number of amides is 3. The van der Waals surface area contributed by atoms with Gasteiger partial charge in [0, 0.05) is 24.7 Å². The monoisotopic (exact) mass is 462 g/mol. The van der Waals surface area contributed by atoms with Crippen molar-refractivity contribution in [3.05, 3.63) is 48.0 Å². The van der Waals surface area contributed by atoms with Crippen LogP contribution >= 0.6 is 0 Å². The first-order valence-corrected chi connectivity index (χ1v) is 9.92. The van der Waals surface area contributed by atoms with E-state index >= 15 is 0 Å². The van der Waals surface area contributed by atoms with Crippen molar-refractivity contribution in [3.63, 3.8) is 0 Å². The molecule has 0 aliphatic heterocycles. The lowest BCUT2D eigenvalue weighted by molar-refractivity contribution is -0.142. The number of aromatic hydroxyl groups is 1. The van der Waals surface area contributed by atoms with Gasteiger partial charge >= 0.3 is 5.97 Å². The van der Waals surface area contributed by atoms with Crippen molar-refractivity contribution in [2.45, 2.75) is 31.0 Å². The number of carboxylic acids is 1. The van der Waals surface area contributed by atoms with Crippen LogP contribution in [0.4, 0.5) is 0 Å². The molecule has 1 aromatic carbocycles. The third-order valence-electron chi connectivity index (χ3n) is 4.62. The number of carboxylic acid groups (broad SMARTS) is 1. The van der Waals surface area contributed by atoms with E-state index in [1.807, 2.05) is 0 Å². The highest BCUT2D eigenvalue weighted by molar-refractivity contribution is 5.93. The maximum absolute atomic E-state index is 12.8. The number of aliphatic hydroxyl groups excluding tert-OH is 1. The van der Waals surface area contributed by atoms with Gasteiger partial charge in [-0.25, -0.2) is 9.78 Å². The van der Waals surface area contributed by atoms with Crippen LogP contribution in [0.1, 0.15) is 11.3 Å². The molecule has 13 nitrogen and oxygen atoms in total. The number of hydrogen-bond acceptors (Lipinski definition) is 8. The van der Waals surface area contributed by atoms with Gasteiger partial charge in [0.15, 0.2) is 0 Å². The first kappa shape index (κ1) is 25.3. The maximum Gasteiger partial charge on any atom is 0.326 e. The van der Waals surface area contributed by atoms with Crippen LogP contribution in [0.25, 0.3) is 0 Å². The highest BCUT2D eigenvalue weighted by Gasteiger charge is 2.29. The highest BCUT2D eigenvalue weighted by Crippen LogP contribution is 2.11. The Bertz CT molecular complexity index is 948. The smallest absolute Gasteiger partial charge is 0.326 e. The first-order chi connectivity index (χ1) is 15.7. The van der Waals surface area contributed by atoms with Crippen molar-refractivity contribution in [2.24, 2.45) is 5.73 Å². The van der Waals surface area contributed by atoms with Crippen molar-refractivity contribution in [1.29, 1.82) is 0 Å². The molecule has 0 aliphatic rings. The second-order valence-electron chi connectivity index (χ2n) is 7.12. The lowest BCUT2D eigenvalue weighted by atomic mass is 10.0. The van der Waals surface area contributed by atoms with E-state index in [9.17, 15) is 34.5 Å². The van der Waals surface area contributed by atoms with Crippen molar-refractivity contribution >= 4 is 23.7 Å². The lowest BCUT2D eigenvalue weighted by Gasteiger charge is -2.23. The second kappa shape index (κ2) is 12.2. The number of phenolic OH excluding ortho intramolecular Hbond substituents is 1. The normalized spacial score (nSPS) is 13.4. The van der Waals surface area contributed by atoms with Crippen LogP contribution in [0.15, 0.2) is 36.8 Å². The summed E-state index contributed by atoms with van der Waals surface area (Å²) in [7, 11) is 0. The molecule has 0 spiro atoms. The highest BCUT2D eigenvalue weighted by atomic mass is 16.4. The summed E-state index contributed by atoms with van der Waals surface area (Å²) >= 11 is 0. The van der Waals surface area contributed by atoms with Gasteiger partial charge in [-0.1, -0.05) is 12.1 Å². The molecule has 13 heteroatoms. The fourth-order valence-corrected chi connectivity index (χ4v) is 2.89. The fraction of sp³-hybridized carbons (Fsp3) is 0.350. The van der Waals surface area contributed by atoms with E-state index in [4.69, 9.17) is 5.73 Å². The Morgan fingerprint density at radius 1 is 0.970 bits per heavy atom. The number of nitrogens with two attached hydrogens (primary N) is 1. The van der Waals surface area contributed by atoms with E-state index in [1.165, 1.54) is 24.7 Å². The zero-order valence-electron chi connectivity index (χ0n) is 17.5. The van der Waals surface area contributed by atoms with Crippen molar-refractivity contribution in [2.75, 3.05) is 13.2 Å². The summed E-state index contributed by atoms with van der Waals surface area (Å²) in [5.74, 6) is -3.64. The summed E-state index contributed by atoms with van der Waals surface area (Å²) in [6.07, 6.45) is 2.68. The van der Waals surface area contributed by atoms with Crippen LogP contribution in [-0.4, -0.2) is 80.3 Å². The molecular formula is C20H26N6O7. The fourth-order valence-electron chi connectivity index (χ4n) is 2.89. The topological polar surface area (TPSA) is 220 Å². The number of aliphatic carboxylic acids is 1. The lowest BCUT2D eigenvalue weighted by Crippen LogP contribution is -2.58. The van der Waals surface area contributed by atoms with E-state index in [2.05, 4.69) is 25.9 Å². The Morgan fingerprint density at radius 3 is 2.15 bits per heavy atom. The summed E-state index contributed by atoms with van der Waals surface area (Å²) in [5.41, 5.74) is 6.37. The molecule has 3 atom stereocenters. The minimum atomic E-state index is -1.47. The molecule has 2 aromatic rings. The minimum absolute atomic E-state index is 0.00912. The van der Waals surface area contributed by atoms with Gasteiger partial charge < -0.3 is 42.0 Å². The quantitative estimate of drug-likeness (QED) is 0.165. The summed E-state index contributed by atoms with van der Waals surface area (Å²) in [6, 6.07) is 1.95. The van der Waals surface area contributed by atoms with Crippen LogP contribution in [0.3, 0.4) is 0 Å². The molecule has 0 saturated heterocycles. The molecule has 178 valence electrons. The molecule has 0 fully saturated rings. The molecule has 1 heterocycles. The Morgan fingerprint density at radius 2 is 1.61 bits per heavy atom. The van der Waals surface area contributed by atoms with Gasteiger partial charge in [-0.15, -0.1) is 0 Å². The van der Waals surface area contributed by atoms with Gasteiger partial charge in [0.05, 0.1) is 19.5 Å². The van der Waals surface area contributed by atoms with E-state index in [0.29, 0.717) is 11.3 Å². The van der Waals surface area contributed by atoms with Crippen molar-refractivity contribution < 1.29 is 34.5 Å². The molecule has 0 radical (unpaired) electrons. The molecule has 0 bridgehead atoms. The standard InChI is InChI=1S/C20H26N6O7/c21-7-17(29)24-14(5-11-1-3-13(28)4-2-11)18(30)26-16(9-27)19(31)25-15(20(32)33)6-12-8-22-10-23-12/h1-4,8,10,14-16,27-28H,5-7,9,21H2,(H,22,23)(H,24,29)(H,25,31)(H,26,30)(H,32,33). The molecule has 0 saturated carbocycles. The van der Waals surface area contributed by atoms with Gasteiger partial charge in [-0.05, 0) is 17.7 Å². The predicted octanol–water partition coefficient (Wildman–Crippen LogP) is -2.61. The molecule has 3 unspecified atom stereocenters. The van der Waals surface area contributed by atoms with E-state index < -0.39 is 48.4 Å². The summed E-state index contributed by atoms with van der Waals surface area (Å²) in [4.78, 5) is 55.1. The maximum atomic E-state index is 12.8. The van der Waals surface area contributed by atoms with Crippen LogP contribution < -0.4 is 21.7 Å². The molecular weight excluding hydrogens is 436 g/mol. The number of nitrogens with one attached hydrogen (secondary N) is 4. The largest absolute Gasteiger partial charge is 0.508 e. The summed E-state index contributed by atoms with van der Waals surface area (Å²) in [6.45, 7) is -1.19. The first-order valence-electron chi connectivity index (χ1n) is 9.92. The van der Waals surface area contributed by atoms with Crippen molar-refractivity contribution in [1.82, 2.24) is 25.9 Å². The zero-order valence-corrected chi connectivity index (χ0v) is 17.5. The zero-order chi connectivity index (χ0) is 24.4. The van der Waals surface area contributed by atoms with Crippen molar-refractivity contribution in [3.8, 4) is 5.75 Å². The van der Waals surface area contributed by atoms with Gasteiger partial charge in [0.2, 0.25) is 17.7 Å². The molecule has 3 amide bonds. The summed E-state index contributed by atoms with van der Waals surface area (Å²) < 4.78 is 0. The van der Waals surface area contributed by atoms with E-state index in [0.717, 1.165) is 0 Å². The van der Waals surface area contributed by atoms with E-state index in [1.54, 1.807) is 12.1 Å². The molecule has 33 heavy (non-hydrogen) atoms. The molecule has 1 aromatic heterocycles. The number of nitrogens with zero attached hydrogens (tertiary/aromatic N) is 1. The van der Waals surface area contributed by atoms with E-state index in [-0.39, 0.29) is 25.1 Å². The number of H-pyrrole nitrogens is 1. The minimum Gasteiger partial charge on any atom is -0.508 e. The number of aliphatic hydroxyl groups is 1. The number of benzene rings is 1. The second-order valence-corrected chi connectivity index (χ2v) is 7.12. The van der Waals surface area contributed by atoms with Gasteiger partial charge in [0.25, 0.3) is 0 Å². The van der Waals surface area contributed by atoms with Crippen LogP contribution in [0.5, 0.6) is 5.75 Å². The number of aromatic nitrogens is 2. The number of phenols is 1. The van der Waals surface area contributed by atoms with Gasteiger partial charge in [-0.3, -0.25) is 14.4 Å². The Hall–Kier alpha value is -3.97. The Kier molecular flexibility index (Phi) is 9.32. The number of rotatable bonds is 12. The average Bonchev–Trinajstić information content (AvgIpc) is 3.30. The number of imidazole rings is 1. The third kappa shape index (κ3) is 7.90. The Balaban J connectivity index is 2.08. The van der Waals surface area contributed by atoms with Crippen LogP contribution in [0.2, 0.25) is 0 Å². The molecule has 9 N–H and O–H groups in total. The SMILES string of the molecule is NCC(=O)NC(Cc1ccc(O)cc1)C(=O)NC(CO)C(=O)NC(Cc1cnc[nH]1)C(=O)O. The Labute approximate surface area is 188 Å². The molecule has 0 aliphatic carbocycles. The number of carbonyl (C=O) groups is 4. The van der Waals surface area contributed by atoms with Crippen LogP contribution in [-0.2, 0) is 32.0 Å². The number of hydrogen-bond donors (Lipinski definition) is 8. The molecule has 2 rings (SSSR count). The number of aromatic amines is 1. The number of carbonyl (C=O) groups excluding carboxylic acids is 3. The predicted molar refractivity (Wildman–Crippen MR) is 114 cm³/mol. The average molecular weight is 462 g/mol. The van der Waals surface area contributed by atoms with Gasteiger partial charge in [-0.2, -0.15) is 0 Å². The third-order valence-corrected chi connectivity index (χ3v) is 4.62. The van der Waals surface area contributed by atoms with Gasteiger partial charge in [0.1, 0.15) is 23.9 Å².